The highest BCUT2D eigenvalue weighted by molar-refractivity contribution is 5.76. The lowest BCUT2D eigenvalue weighted by molar-refractivity contribution is -0.147. The molecule has 2 aromatic carbocycles. The number of hydrogen-bond donors (Lipinski definition) is 0. The summed E-state index contributed by atoms with van der Waals surface area (Å²) in [5, 5.41) is 0. The first-order chi connectivity index (χ1) is 13.1. The van der Waals surface area contributed by atoms with E-state index >= 15 is 0 Å². The lowest BCUT2D eigenvalue weighted by atomic mass is 10.3. The number of alkyl halides is 2. The number of halogens is 2. The standard InChI is InChI=1S/C19H18F2N2O4/c1-2-25-13-7-9-14(10-8-13)26-12-18(24)27-11-17-22-15-5-3-4-6-16(15)23(17)19(20)21/h3-10,19H,2,11-12H2,1H3. The van der Waals surface area contributed by atoms with E-state index in [0.29, 0.717) is 23.6 Å². The summed E-state index contributed by atoms with van der Waals surface area (Å²) in [6.45, 7) is -1.07. The molecule has 0 amide bonds. The highest BCUT2D eigenvalue weighted by atomic mass is 19.3. The molecule has 3 rings (SSSR count). The van der Waals surface area contributed by atoms with Crippen molar-refractivity contribution in [3.8, 4) is 11.5 Å². The van der Waals surface area contributed by atoms with Gasteiger partial charge in [0.1, 0.15) is 18.1 Å². The molecule has 0 atom stereocenters. The quantitative estimate of drug-likeness (QED) is 0.557. The average molecular weight is 376 g/mol. The largest absolute Gasteiger partial charge is 0.494 e. The normalized spacial score (nSPS) is 11.0. The van der Waals surface area contributed by atoms with Gasteiger partial charge in [0.2, 0.25) is 0 Å². The second kappa shape index (κ2) is 8.48. The first kappa shape index (κ1) is 18.6. The van der Waals surface area contributed by atoms with Crippen molar-refractivity contribution in [1.82, 2.24) is 9.55 Å². The van der Waals surface area contributed by atoms with Gasteiger partial charge in [-0.05, 0) is 43.3 Å². The van der Waals surface area contributed by atoms with Crippen molar-refractivity contribution in [3.63, 3.8) is 0 Å². The van der Waals surface area contributed by atoms with Crippen molar-refractivity contribution >= 4 is 17.0 Å². The number of nitrogens with zero attached hydrogens (tertiary/aromatic N) is 2. The van der Waals surface area contributed by atoms with Gasteiger partial charge in [-0.3, -0.25) is 4.57 Å². The fourth-order valence-corrected chi connectivity index (χ4v) is 2.54. The molecular weight excluding hydrogens is 358 g/mol. The van der Waals surface area contributed by atoms with E-state index in [1.165, 1.54) is 6.07 Å². The van der Waals surface area contributed by atoms with Crippen LogP contribution in [0.25, 0.3) is 11.0 Å². The van der Waals surface area contributed by atoms with Crippen LogP contribution in [0.1, 0.15) is 19.3 Å². The molecule has 6 nitrogen and oxygen atoms in total. The Bertz CT molecular complexity index is 910. The van der Waals surface area contributed by atoms with Gasteiger partial charge in [0.05, 0.1) is 17.6 Å². The minimum atomic E-state index is -2.79. The van der Waals surface area contributed by atoms with E-state index in [4.69, 9.17) is 14.2 Å². The molecule has 3 aromatic rings. The van der Waals surface area contributed by atoms with Gasteiger partial charge in [-0.1, -0.05) is 12.1 Å². The molecule has 0 aliphatic heterocycles. The lowest BCUT2D eigenvalue weighted by Crippen LogP contribution is -2.16. The number of hydrogen-bond acceptors (Lipinski definition) is 5. The smallest absolute Gasteiger partial charge is 0.344 e. The van der Waals surface area contributed by atoms with Crippen LogP contribution < -0.4 is 9.47 Å². The fraction of sp³-hybridized carbons (Fsp3) is 0.263. The number of carbonyl (C=O) groups is 1. The number of para-hydroxylation sites is 2. The van der Waals surface area contributed by atoms with Crippen LogP contribution in [0.15, 0.2) is 48.5 Å². The van der Waals surface area contributed by atoms with Crippen LogP contribution in [0.2, 0.25) is 0 Å². The maximum atomic E-state index is 13.3. The number of imidazole rings is 1. The fourth-order valence-electron chi connectivity index (χ4n) is 2.54. The van der Waals surface area contributed by atoms with Crippen molar-refractivity contribution in [3.05, 3.63) is 54.4 Å². The molecule has 0 unspecified atom stereocenters. The van der Waals surface area contributed by atoms with Gasteiger partial charge < -0.3 is 14.2 Å². The summed E-state index contributed by atoms with van der Waals surface area (Å²) in [5.74, 6) is 0.450. The molecule has 0 N–H and O–H groups in total. The number of fused-ring (bicyclic) bond motifs is 1. The van der Waals surface area contributed by atoms with Crippen LogP contribution >= 0.6 is 0 Å². The second-order valence-electron chi connectivity index (χ2n) is 5.52. The Morgan fingerprint density at radius 1 is 1.07 bits per heavy atom. The third-order valence-corrected chi connectivity index (χ3v) is 3.72. The molecular formula is C19H18F2N2O4. The summed E-state index contributed by atoms with van der Waals surface area (Å²) >= 11 is 0. The van der Waals surface area contributed by atoms with Gasteiger partial charge >= 0.3 is 12.5 Å². The van der Waals surface area contributed by atoms with Gasteiger partial charge in [0.25, 0.3) is 0 Å². The molecule has 0 radical (unpaired) electrons. The van der Waals surface area contributed by atoms with Gasteiger partial charge in [-0.2, -0.15) is 8.78 Å². The zero-order valence-electron chi connectivity index (χ0n) is 14.6. The molecule has 0 aliphatic rings. The number of benzene rings is 2. The molecule has 0 aliphatic carbocycles. The Morgan fingerprint density at radius 3 is 2.41 bits per heavy atom. The maximum Gasteiger partial charge on any atom is 0.344 e. The summed E-state index contributed by atoms with van der Waals surface area (Å²) in [7, 11) is 0. The Balaban J connectivity index is 1.57. The first-order valence-corrected chi connectivity index (χ1v) is 8.33. The molecule has 142 valence electrons. The predicted octanol–water partition coefficient (Wildman–Crippen LogP) is 3.95. The Labute approximate surface area is 154 Å². The highest BCUT2D eigenvalue weighted by Crippen LogP contribution is 2.23. The summed E-state index contributed by atoms with van der Waals surface area (Å²) in [6.07, 6.45) is 0. The first-order valence-electron chi connectivity index (χ1n) is 8.33. The minimum absolute atomic E-state index is 0.0272. The molecule has 0 spiro atoms. The minimum Gasteiger partial charge on any atom is -0.494 e. The van der Waals surface area contributed by atoms with E-state index in [9.17, 15) is 13.6 Å². The van der Waals surface area contributed by atoms with E-state index in [2.05, 4.69) is 4.98 Å². The number of rotatable bonds is 8. The molecule has 8 heteroatoms. The van der Waals surface area contributed by atoms with Crippen LogP contribution in [0.5, 0.6) is 11.5 Å². The SMILES string of the molecule is CCOc1ccc(OCC(=O)OCc2nc3ccccc3n2C(F)F)cc1. The van der Waals surface area contributed by atoms with Crippen molar-refractivity contribution in [2.24, 2.45) is 0 Å². The van der Waals surface area contributed by atoms with Crippen LogP contribution in [0.3, 0.4) is 0 Å². The lowest BCUT2D eigenvalue weighted by Gasteiger charge is -2.10. The third-order valence-electron chi connectivity index (χ3n) is 3.72. The van der Waals surface area contributed by atoms with Crippen LogP contribution in [-0.4, -0.2) is 28.7 Å². The van der Waals surface area contributed by atoms with Crippen LogP contribution in [-0.2, 0) is 16.1 Å². The Hall–Kier alpha value is -3.16. The molecule has 0 fully saturated rings. The predicted molar refractivity (Wildman–Crippen MR) is 93.9 cm³/mol. The van der Waals surface area contributed by atoms with E-state index < -0.39 is 12.5 Å². The van der Waals surface area contributed by atoms with Gasteiger partial charge in [-0.15, -0.1) is 0 Å². The number of ether oxygens (including phenoxy) is 3. The number of esters is 1. The zero-order valence-corrected chi connectivity index (χ0v) is 14.6. The number of carbonyl (C=O) groups excluding carboxylic acids is 1. The molecule has 27 heavy (non-hydrogen) atoms. The summed E-state index contributed by atoms with van der Waals surface area (Å²) in [5.41, 5.74) is 0.693. The van der Waals surface area contributed by atoms with Crippen molar-refractivity contribution in [2.75, 3.05) is 13.2 Å². The Kier molecular flexibility index (Phi) is 5.85. The van der Waals surface area contributed by atoms with Crippen LogP contribution in [0.4, 0.5) is 8.78 Å². The van der Waals surface area contributed by atoms with Crippen molar-refractivity contribution < 1.29 is 27.8 Å². The van der Waals surface area contributed by atoms with E-state index in [0.717, 1.165) is 4.57 Å². The molecule has 1 heterocycles. The molecule has 1 aromatic heterocycles. The zero-order chi connectivity index (χ0) is 19.2. The van der Waals surface area contributed by atoms with Crippen molar-refractivity contribution in [2.45, 2.75) is 20.1 Å². The Morgan fingerprint density at radius 2 is 1.74 bits per heavy atom. The van der Waals surface area contributed by atoms with Gasteiger partial charge in [0, 0.05) is 0 Å². The highest BCUT2D eigenvalue weighted by Gasteiger charge is 2.18. The third kappa shape index (κ3) is 4.52. The van der Waals surface area contributed by atoms with E-state index in [1.54, 1.807) is 42.5 Å². The van der Waals surface area contributed by atoms with Gasteiger partial charge in [0.15, 0.2) is 12.4 Å². The molecule has 0 saturated carbocycles. The summed E-state index contributed by atoms with van der Waals surface area (Å²) < 4.78 is 43.0. The maximum absolute atomic E-state index is 13.3. The molecule has 0 bridgehead atoms. The van der Waals surface area contributed by atoms with Crippen molar-refractivity contribution in [1.29, 1.82) is 0 Å². The van der Waals surface area contributed by atoms with Gasteiger partial charge in [-0.25, -0.2) is 9.78 Å². The van der Waals surface area contributed by atoms with Crippen LogP contribution in [0, 0.1) is 0 Å². The summed E-state index contributed by atoms with van der Waals surface area (Å²) in [6, 6.07) is 13.3. The summed E-state index contributed by atoms with van der Waals surface area (Å²) in [4.78, 5) is 16.0. The van der Waals surface area contributed by atoms with E-state index in [-0.39, 0.29) is 24.6 Å². The second-order valence-corrected chi connectivity index (χ2v) is 5.52. The molecule has 0 saturated heterocycles. The monoisotopic (exact) mass is 376 g/mol. The topological polar surface area (TPSA) is 62.6 Å². The van der Waals surface area contributed by atoms with E-state index in [1.807, 2.05) is 6.92 Å². The number of aromatic nitrogens is 2. The average Bonchev–Trinajstić information content (AvgIpc) is 3.04.